The smallest absolute Gasteiger partial charge is 0.405 e. The largest absolute Gasteiger partial charge is 1.00 e. The Bertz CT molecular complexity index is 1060. The van der Waals surface area contributed by atoms with Crippen LogP contribution in [0.5, 0.6) is 0 Å². The fourth-order valence-electron chi connectivity index (χ4n) is 4.31. The van der Waals surface area contributed by atoms with E-state index in [4.69, 9.17) is 23.1 Å². The van der Waals surface area contributed by atoms with Crippen LogP contribution in [0.2, 0.25) is 0 Å². The molecule has 0 spiro atoms. The van der Waals surface area contributed by atoms with Gasteiger partial charge in [-0.15, -0.1) is 24.8 Å². The van der Waals surface area contributed by atoms with Crippen molar-refractivity contribution in [1.29, 1.82) is 0 Å². The van der Waals surface area contributed by atoms with Crippen LogP contribution in [-0.4, -0.2) is 39.3 Å². The van der Waals surface area contributed by atoms with Gasteiger partial charge >= 0.3 is 51.4 Å². The molecule has 1 fully saturated rings. The van der Waals surface area contributed by atoms with Crippen molar-refractivity contribution in [3.05, 3.63) is 120 Å². The van der Waals surface area contributed by atoms with Gasteiger partial charge in [0.05, 0.1) is 6.04 Å². The van der Waals surface area contributed by atoms with Gasteiger partial charge in [-0.2, -0.15) is 17.2 Å². The molecule has 0 aliphatic heterocycles. The third-order valence-corrected chi connectivity index (χ3v) is 6.74. The maximum atomic E-state index is 6.55. The summed E-state index contributed by atoms with van der Waals surface area (Å²) >= 11 is 6.37. The number of aryl methyl sites for hydroxylation is 1. The van der Waals surface area contributed by atoms with Crippen LogP contribution in [0.3, 0.4) is 0 Å². The monoisotopic (exact) mass is 605 g/mol. The Morgan fingerprint density at radius 3 is 2.49 bits per heavy atom. The van der Waals surface area contributed by atoms with Gasteiger partial charge in [0.2, 0.25) is 0 Å². The van der Waals surface area contributed by atoms with Crippen molar-refractivity contribution in [3.8, 4) is 0 Å². The molecule has 0 heterocycles. The van der Waals surface area contributed by atoms with E-state index < -0.39 is 6.04 Å². The first kappa shape index (κ1) is 39.3. The molecule has 2 aliphatic rings. The number of halogens is 1. The van der Waals surface area contributed by atoms with Crippen molar-refractivity contribution >= 4 is 17.7 Å². The van der Waals surface area contributed by atoms with E-state index in [0.717, 1.165) is 73.2 Å². The Hall–Kier alpha value is -1.72. The summed E-state index contributed by atoms with van der Waals surface area (Å²) < 4.78 is 0. The molecule has 3 rings (SSSR count). The van der Waals surface area contributed by atoms with E-state index >= 15 is 0 Å². The second-order valence-electron chi connectivity index (χ2n) is 9.27. The van der Waals surface area contributed by atoms with Gasteiger partial charge in [0, 0.05) is 30.2 Å². The van der Waals surface area contributed by atoms with Crippen LogP contribution >= 0.6 is 11.6 Å². The Morgan fingerprint density at radius 1 is 1.17 bits per heavy atom. The van der Waals surface area contributed by atoms with Gasteiger partial charge in [-0.25, -0.2) is 0 Å². The number of likely N-dealkylation sites (N-methyl/N-ethyl adjacent to an activating group) is 1. The Morgan fingerprint density at radius 2 is 1.88 bits per heavy atom. The van der Waals surface area contributed by atoms with E-state index in [9.17, 15) is 0 Å². The fourth-order valence-corrected chi connectivity index (χ4v) is 4.61. The van der Waals surface area contributed by atoms with Crippen LogP contribution in [0, 0.1) is 6.04 Å². The third kappa shape index (κ3) is 13.9. The maximum Gasteiger partial charge on any atom is 1.00 e. The SMILES string of the molecule is C=C.C=C(NC(CCNC)CCc1cccc(/C=C/CNC)c1)C(N)/C(=C\N)N[C-]1C2=CCCC(Cl)=C21.C=CN.[K+]. The fraction of sp³-hybridized carbons (Fsp3) is 0.344. The van der Waals surface area contributed by atoms with Crippen LogP contribution in [0.1, 0.15) is 36.8 Å². The summed E-state index contributed by atoms with van der Waals surface area (Å²) in [5.74, 6) is 0. The molecule has 10 N–H and O–H groups in total. The molecule has 2 unspecified atom stereocenters. The number of hydrogen-bond acceptors (Lipinski definition) is 7. The van der Waals surface area contributed by atoms with Crippen molar-refractivity contribution in [2.45, 2.75) is 44.2 Å². The van der Waals surface area contributed by atoms with Crippen molar-refractivity contribution in [2.75, 3.05) is 27.2 Å². The first-order valence-electron chi connectivity index (χ1n) is 13.6. The summed E-state index contributed by atoms with van der Waals surface area (Å²) in [6.45, 7) is 15.2. The summed E-state index contributed by atoms with van der Waals surface area (Å²) in [7, 11) is 3.92. The van der Waals surface area contributed by atoms with Crippen molar-refractivity contribution < 1.29 is 51.4 Å². The van der Waals surface area contributed by atoms with Crippen LogP contribution < -0.4 is 89.9 Å². The molecule has 0 aromatic heterocycles. The minimum absolute atomic E-state index is 0. The van der Waals surface area contributed by atoms with Gasteiger partial charge in [0.1, 0.15) is 0 Å². The molecule has 0 amide bonds. The Kier molecular flexibility index (Phi) is 21.9. The molecule has 9 heteroatoms. The number of nitrogens with one attached hydrogen (secondary N) is 4. The number of allylic oxidation sites excluding steroid dienone is 2. The predicted octanol–water partition coefficient (Wildman–Crippen LogP) is 1.30. The molecule has 2 atom stereocenters. The van der Waals surface area contributed by atoms with E-state index in [-0.39, 0.29) is 57.4 Å². The second-order valence-corrected chi connectivity index (χ2v) is 9.73. The van der Waals surface area contributed by atoms with Gasteiger partial charge in [-0.3, -0.25) is 0 Å². The summed E-state index contributed by atoms with van der Waals surface area (Å²) in [6.07, 6.45) is 14.0. The first-order chi connectivity index (χ1) is 19.4. The van der Waals surface area contributed by atoms with E-state index in [0.29, 0.717) is 0 Å². The number of nitrogens with two attached hydrogens (primary N) is 3. The minimum atomic E-state index is -0.451. The predicted molar refractivity (Wildman–Crippen MR) is 175 cm³/mol. The summed E-state index contributed by atoms with van der Waals surface area (Å²) in [6, 6.07) is 9.50. The third-order valence-electron chi connectivity index (χ3n) is 6.37. The molecule has 1 saturated carbocycles. The van der Waals surface area contributed by atoms with E-state index in [1.807, 2.05) is 14.1 Å². The van der Waals surface area contributed by atoms with Gasteiger partial charge in [-0.05, 0) is 57.2 Å². The summed E-state index contributed by atoms with van der Waals surface area (Å²) in [5.41, 5.74) is 23.4. The zero-order chi connectivity index (χ0) is 29.9. The van der Waals surface area contributed by atoms with Crippen LogP contribution in [-0.2, 0) is 6.42 Å². The van der Waals surface area contributed by atoms with Gasteiger partial charge < -0.3 is 38.5 Å². The number of fused-ring (bicyclic) bond motifs is 1. The van der Waals surface area contributed by atoms with E-state index in [1.165, 1.54) is 29.1 Å². The number of rotatable bonds is 15. The first-order valence-corrected chi connectivity index (χ1v) is 14.0. The quantitative estimate of drug-likeness (QED) is 0.0913. The van der Waals surface area contributed by atoms with Gasteiger partial charge in [0.25, 0.3) is 0 Å². The molecule has 220 valence electrons. The van der Waals surface area contributed by atoms with E-state index in [1.54, 1.807) is 0 Å². The standard InChI is InChI=1S/C28H40ClN6.C2H5N.C2H4.K/c1-19(27(31)25(18-30)35-28-23-10-5-11-24(29)26(23)28)34-22(14-16-33-3)13-12-21-8-4-7-20(17-21)9-6-15-32-2;1-2-3;1-2;/h4,6-10,17-18,22,27,32-35H,1,5,11-16,30-31H2,2-3H3;2H,1,3H2;1-2H2;/q-1;;;+1/b9-6+,25-18+;;;. The topological polar surface area (TPSA) is 126 Å². The molecule has 0 bridgehead atoms. The van der Waals surface area contributed by atoms with Crippen molar-refractivity contribution in [1.82, 2.24) is 21.3 Å². The Labute approximate surface area is 296 Å². The molecule has 41 heavy (non-hydrogen) atoms. The summed E-state index contributed by atoms with van der Waals surface area (Å²) in [5, 5.41) is 14.3. The maximum absolute atomic E-state index is 6.55. The average molecular weight is 606 g/mol. The van der Waals surface area contributed by atoms with Crippen LogP contribution in [0.4, 0.5) is 0 Å². The summed E-state index contributed by atoms with van der Waals surface area (Å²) in [4.78, 5) is 0. The molecule has 7 nitrogen and oxygen atoms in total. The van der Waals surface area contributed by atoms with Crippen molar-refractivity contribution in [2.24, 2.45) is 17.2 Å². The van der Waals surface area contributed by atoms with E-state index in [2.05, 4.69) is 95.8 Å². The molecule has 1 aromatic rings. The van der Waals surface area contributed by atoms with Gasteiger partial charge in [0.15, 0.2) is 0 Å². The van der Waals surface area contributed by atoms with Crippen molar-refractivity contribution in [3.63, 3.8) is 0 Å². The zero-order valence-electron chi connectivity index (χ0n) is 25.2. The molecule has 2 aliphatic carbocycles. The molecular weight excluding hydrogens is 557 g/mol. The van der Waals surface area contributed by atoms with Crippen LogP contribution in [0.25, 0.3) is 6.08 Å². The zero-order valence-corrected chi connectivity index (χ0v) is 29.1. The minimum Gasteiger partial charge on any atom is -0.405 e. The van der Waals surface area contributed by atoms with Crippen LogP contribution in [0.15, 0.2) is 103 Å². The molecule has 0 saturated heterocycles. The molecule has 0 radical (unpaired) electrons. The Balaban J connectivity index is 0.00000250. The molecule has 1 aromatic carbocycles. The molecular formula is C32H49ClKN7. The number of benzene rings is 1. The number of hydrogen-bond donors (Lipinski definition) is 7. The van der Waals surface area contributed by atoms with Gasteiger partial charge in [-0.1, -0.05) is 73.5 Å². The normalized spacial score (nSPS) is 15.1. The second kappa shape index (κ2) is 22.8. The average Bonchev–Trinajstić information content (AvgIpc) is 3.68.